The molecule has 2 aromatic rings. The number of carbonyl (C=O) groups is 1. The van der Waals surface area contributed by atoms with Crippen molar-refractivity contribution in [3.63, 3.8) is 0 Å². The SMILES string of the molecule is Cc1cccc(C(=O)NCc2cnn(C)c2N)n1. The van der Waals surface area contributed by atoms with Crippen LogP contribution < -0.4 is 11.1 Å². The molecule has 0 saturated carbocycles. The Kier molecular flexibility index (Phi) is 3.27. The van der Waals surface area contributed by atoms with E-state index in [0.29, 0.717) is 18.1 Å². The highest BCUT2D eigenvalue weighted by molar-refractivity contribution is 5.92. The topological polar surface area (TPSA) is 85.8 Å². The van der Waals surface area contributed by atoms with Crippen LogP contribution in [-0.4, -0.2) is 20.7 Å². The maximum Gasteiger partial charge on any atom is 0.270 e. The molecule has 0 fully saturated rings. The van der Waals surface area contributed by atoms with E-state index >= 15 is 0 Å². The highest BCUT2D eigenvalue weighted by atomic mass is 16.1. The first kappa shape index (κ1) is 12.1. The molecule has 94 valence electrons. The van der Waals surface area contributed by atoms with Gasteiger partial charge in [-0.05, 0) is 19.1 Å². The van der Waals surface area contributed by atoms with Gasteiger partial charge in [0.15, 0.2) is 0 Å². The molecule has 0 aliphatic heterocycles. The average molecular weight is 245 g/mol. The van der Waals surface area contributed by atoms with E-state index in [0.717, 1.165) is 11.3 Å². The minimum atomic E-state index is -0.220. The zero-order chi connectivity index (χ0) is 13.1. The number of nitrogens with one attached hydrogen (secondary N) is 1. The second-order valence-corrected chi connectivity index (χ2v) is 4.03. The van der Waals surface area contributed by atoms with Gasteiger partial charge < -0.3 is 11.1 Å². The molecule has 0 radical (unpaired) electrons. The molecule has 3 N–H and O–H groups in total. The van der Waals surface area contributed by atoms with Crippen LogP contribution in [0.2, 0.25) is 0 Å². The first-order valence-electron chi connectivity index (χ1n) is 5.56. The molecule has 1 amide bonds. The smallest absolute Gasteiger partial charge is 0.270 e. The number of hydrogen-bond donors (Lipinski definition) is 2. The number of hydrogen-bond acceptors (Lipinski definition) is 4. The summed E-state index contributed by atoms with van der Waals surface area (Å²) in [5.74, 6) is 0.328. The average Bonchev–Trinajstić information content (AvgIpc) is 2.67. The van der Waals surface area contributed by atoms with Crippen molar-refractivity contribution < 1.29 is 4.79 Å². The summed E-state index contributed by atoms with van der Waals surface area (Å²) in [6, 6.07) is 5.32. The van der Waals surface area contributed by atoms with Crippen LogP contribution in [0.5, 0.6) is 0 Å². The van der Waals surface area contributed by atoms with Crippen molar-refractivity contribution in [3.8, 4) is 0 Å². The Bertz CT molecular complexity index is 576. The monoisotopic (exact) mass is 245 g/mol. The fourth-order valence-corrected chi connectivity index (χ4v) is 1.56. The Morgan fingerprint density at radius 2 is 2.28 bits per heavy atom. The van der Waals surface area contributed by atoms with Crippen molar-refractivity contribution >= 4 is 11.7 Å². The maximum atomic E-state index is 11.8. The van der Waals surface area contributed by atoms with Gasteiger partial charge in [0, 0.05) is 24.8 Å². The molecule has 2 aromatic heterocycles. The van der Waals surface area contributed by atoms with Gasteiger partial charge in [-0.2, -0.15) is 5.10 Å². The summed E-state index contributed by atoms with van der Waals surface area (Å²) in [6.45, 7) is 2.18. The third-order valence-corrected chi connectivity index (χ3v) is 2.62. The standard InChI is InChI=1S/C12H15N5O/c1-8-4-3-5-10(16-8)12(18)14-6-9-7-15-17(2)11(9)13/h3-5,7H,6,13H2,1-2H3,(H,14,18). The molecule has 0 bridgehead atoms. The molecule has 0 unspecified atom stereocenters. The van der Waals surface area contributed by atoms with Gasteiger partial charge in [0.2, 0.25) is 0 Å². The molecule has 0 aromatic carbocycles. The summed E-state index contributed by atoms with van der Waals surface area (Å²) < 4.78 is 1.56. The summed E-state index contributed by atoms with van der Waals surface area (Å²) in [7, 11) is 1.75. The molecule has 18 heavy (non-hydrogen) atoms. The Morgan fingerprint density at radius 3 is 2.89 bits per heavy atom. The van der Waals surface area contributed by atoms with Gasteiger partial charge >= 0.3 is 0 Å². The van der Waals surface area contributed by atoms with Crippen LogP contribution in [0, 0.1) is 6.92 Å². The minimum absolute atomic E-state index is 0.220. The molecular formula is C12H15N5O. The lowest BCUT2D eigenvalue weighted by Gasteiger charge is -2.04. The second-order valence-electron chi connectivity index (χ2n) is 4.03. The summed E-state index contributed by atoms with van der Waals surface area (Å²) in [5.41, 5.74) is 7.78. The lowest BCUT2D eigenvalue weighted by Crippen LogP contribution is -2.24. The van der Waals surface area contributed by atoms with Crippen LogP contribution >= 0.6 is 0 Å². The number of carbonyl (C=O) groups excluding carboxylic acids is 1. The van der Waals surface area contributed by atoms with E-state index in [1.54, 1.807) is 30.1 Å². The van der Waals surface area contributed by atoms with E-state index in [-0.39, 0.29) is 5.91 Å². The van der Waals surface area contributed by atoms with Crippen molar-refractivity contribution in [2.45, 2.75) is 13.5 Å². The summed E-state index contributed by atoms with van der Waals surface area (Å²) >= 11 is 0. The molecule has 2 heterocycles. The van der Waals surface area contributed by atoms with Gasteiger partial charge in [0.25, 0.3) is 5.91 Å². The van der Waals surface area contributed by atoms with Crippen LogP contribution in [0.1, 0.15) is 21.7 Å². The van der Waals surface area contributed by atoms with Crippen LogP contribution in [-0.2, 0) is 13.6 Å². The normalized spacial score (nSPS) is 10.3. The number of anilines is 1. The number of nitrogen functional groups attached to an aromatic ring is 1. The first-order valence-corrected chi connectivity index (χ1v) is 5.56. The van der Waals surface area contributed by atoms with Gasteiger partial charge in [0.05, 0.1) is 6.20 Å². The zero-order valence-corrected chi connectivity index (χ0v) is 10.3. The lowest BCUT2D eigenvalue weighted by atomic mass is 10.3. The molecule has 0 spiro atoms. The van der Waals surface area contributed by atoms with E-state index in [2.05, 4.69) is 15.4 Å². The van der Waals surface area contributed by atoms with Crippen LogP contribution in [0.25, 0.3) is 0 Å². The third-order valence-electron chi connectivity index (χ3n) is 2.62. The van der Waals surface area contributed by atoms with Gasteiger partial charge in [0.1, 0.15) is 11.5 Å². The molecule has 0 aliphatic carbocycles. The van der Waals surface area contributed by atoms with Gasteiger partial charge in [-0.15, -0.1) is 0 Å². The predicted octanol–water partition coefficient (Wildman–Crippen LogP) is 0.636. The number of nitrogens with zero attached hydrogens (tertiary/aromatic N) is 3. The largest absolute Gasteiger partial charge is 0.384 e. The molecule has 6 nitrogen and oxygen atoms in total. The molecular weight excluding hydrogens is 230 g/mol. The summed E-state index contributed by atoms with van der Waals surface area (Å²) in [6.07, 6.45) is 1.64. The first-order chi connectivity index (χ1) is 8.58. The number of nitrogens with two attached hydrogens (primary N) is 1. The highest BCUT2D eigenvalue weighted by Crippen LogP contribution is 2.08. The fourth-order valence-electron chi connectivity index (χ4n) is 1.56. The van der Waals surface area contributed by atoms with Gasteiger partial charge in [-0.25, -0.2) is 4.98 Å². The van der Waals surface area contributed by atoms with E-state index in [1.807, 2.05) is 13.0 Å². The number of rotatable bonds is 3. The lowest BCUT2D eigenvalue weighted by molar-refractivity contribution is 0.0946. The van der Waals surface area contributed by atoms with E-state index in [1.165, 1.54) is 0 Å². The van der Waals surface area contributed by atoms with E-state index in [4.69, 9.17) is 5.73 Å². The molecule has 0 atom stereocenters. The number of aromatic nitrogens is 3. The van der Waals surface area contributed by atoms with E-state index < -0.39 is 0 Å². The predicted molar refractivity (Wildman–Crippen MR) is 67.8 cm³/mol. The van der Waals surface area contributed by atoms with Crippen LogP contribution in [0.4, 0.5) is 5.82 Å². The summed E-state index contributed by atoms with van der Waals surface area (Å²) in [5, 5.41) is 6.77. The van der Waals surface area contributed by atoms with Crippen LogP contribution in [0.15, 0.2) is 24.4 Å². The molecule has 0 saturated heterocycles. The van der Waals surface area contributed by atoms with Crippen molar-refractivity contribution in [2.24, 2.45) is 7.05 Å². The number of pyridine rings is 1. The van der Waals surface area contributed by atoms with Crippen molar-refractivity contribution in [2.75, 3.05) is 5.73 Å². The Balaban J connectivity index is 2.03. The fraction of sp³-hybridized carbons (Fsp3) is 0.250. The van der Waals surface area contributed by atoms with Crippen LogP contribution in [0.3, 0.4) is 0 Å². The minimum Gasteiger partial charge on any atom is -0.384 e. The van der Waals surface area contributed by atoms with Crippen molar-refractivity contribution in [1.29, 1.82) is 0 Å². The van der Waals surface area contributed by atoms with Gasteiger partial charge in [-0.1, -0.05) is 6.07 Å². The Labute approximate surface area is 105 Å². The van der Waals surface area contributed by atoms with Gasteiger partial charge in [-0.3, -0.25) is 9.48 Å². The summed E-state index contributed by atoms with van der Waals surface area (Å²) in [4.78, 5) is 16.0. The second kappa shape index (κ2) is 4.87. The molecule has 6 heteroatoms. The van der Waals surface area contributed by atoms with Crippen molar-refractivity contribution in [3.05, 3.63) is 41.3 Å². The third kappa shape index (κ3) is 2.48. The van der Waals surface area contributed by atoms with Crippen molar-refractivity contribution in [1.82, 2.24) is 20.1 Å². The molecule has 0 aliphatic rings. The zero-order valence-electron chi connectivity index (χ0n) is 10.3. The number of amides is 1. The Hall–Kier alpha value is -2.37. The Morgan fingerprint density at radius 1 is 1.50 bits per heavy atom. The number of aryl methyl sites for hydroxylation is 2. The maximum absolute atomic E-state index is 11.8. The molecule has 2 rings (SSSR count). The highest BCUT2D eigenvalue weighted by Gasteiger charge is 2.09. The quantitative estimate of drug-likeness (QED) is 0.830. The van der Waals surface area contributed by atoms with E-state index in [9.17, 15) is 4.79 Å².